The lowest BCUT2D eigenvalue weighted by atomic mass is 9.97. The number of rotatable bonds is 5. The quantitative estimate of drug-likeness (QED) is 0.663. The number of hydrogen-bond acceptors (Lipinski definition) is 6. The Balaban J connectivity index is 1.75. The van der Waals surface area contributed by atoms with E-state index in [1.807, 2.05) is 18.7 Å². The predicted molar refractivity (Wildman–Crippen MR) is 125 cm³/mol. The Morgan fingerprint density at radius 2 is 1.94 bits per heavy atom. The third-order valence-electron chi connectivity index (χ3n) is 6.40. The SMILES string of the molecule is C[C@@H]1CN(c2nc(-c3ccc(F)cc3F)ccc2C(=O)NS(=O)(=O)N2CC[C@H](N)C2)C(C)(C)C1. The number of amides is 1. The maximum Gasteiger partial charge on any atom is 0.304 e. The molecule has 2 aromatic rings. The molecule has 0 aliphatic carbocycles. The molecular formula is C23H29F2N5O3S. The van der Waals surface area contributed by atoms with Gasteiger partial charge >= 0.3 is 10.2 Å². The van der Waals surface area contributed by atoms with E-state index in [0.717, 1.165) is 22.9 Å². The van der Waals surface area contributed by atoms with Crippen LogP contribution in [0.25, 0.3) is 11.3 Å². The van der Waals surface area contributed by atoms with E-state index in [4.69, 9.17) is 5.73 Å². The van der Waals surface area contributed by atoms with Gasteiger partial charge in [0.15, 0.2) is 0 Å². The molecule has 0 bridgehead atoms. The summed E-state index contributed by atoms with van der Waals surface area (Å²) >= 11 is 0. The molecule has 3 N–H and O–H groups in total. The van der Waals surface area contributed by atoms with Crippen LogP contribution in [0.3, 0.4) is 0 Å². The number of carbonyl (C=O) groups is 1. The first-order valence-corrected chi connectivity index (χ1v) is 12.6. The Kier molecular flexibility index (Phi) is 6.38. The molecule has 34 heavy (non-hydrogen) atoms. The van der Waals surface area contributed by atoms with Crippen molar-refractivity contribution in [3.63, 3.8) is 0 Å². The highest BCUT2D eigenvalue weighted by atomic mass is 32.2. The summed E-state index contributed by atoms with van der Waals surface area (Å²) in [7, 11) is -4.09. The van der Waals surface area contributed by atoms with Gasteiger partial charge in [-0.25, -0.2) is 18.5 Å². The number of carbonyl (C=O) groups excluding carboxylic acids is 1. The number of nitrogens with zero attached hydrogens (tertiary/aromatic N) is 3. The van der Waals surface area contributed by atoms with Crippen LogP contribution in [0.15, 0.2) is 30.3 Å². The van der Waals surface area contributed by atoms with Crippen molar-refractivity contribution in [1.82, 2.24) is 14.0 Å². The summed E-state index contributed by atoms with van der Waals surface area (Å²) in [5, 5.41) is 0. The molecule has 0 spiro atoms. The average molecular weight is 494 g/mol. The molecule has 0 saturated carbocycles. The van der Waals surface area contributed by atoms with Crippen molar-refractivity contribution in [2.75, 3.05) is 24.5 Å². The fourth-order valence-corrected chi connectivity index (χ4v) is 6.05. The number of halogens is 2. The van der Waals surface area contributed by atoms with Crippen molar-refractivity contribution >= 4 is 21.9 Å². The Morgan fingerprint density at radius 1 is 1.21 bits per heavy atom. The Morgan fingerprint density at radius 3 is 2.53 bits per heavy atom. The van der Waals surface area contributed by atoms with E-state index in [2.05, 4.69) is 16.6 Å². The molecule has 1 aromatic heterocycles. The maximum absolute atomic E-state index is 14.5. The van der Waals surface area contributed by atoms with E-state index in [-0.39, 0.29) is 47.3 Å². The van der Waals surface area contributed by atoms with Crippen LogP contribution in [0.5, 0.6) is 0 Å². The fourth-order valence-electron chi connectivity index (χ4n) is 4.85. The fraction of sp³-hybridized carbons (Fsp3) is 0.478. The molecule has 4 rings (SSSR count). The van der Waals surface area contributed by atoms with Gasteiger partial charge in [0.05, 0.1) is 11.3 Å². The third kappa shape index (κ3) is 4.77. The van der Waals surface area contributed by atoms with Crippen LogP contribution in [-0.2, 0) is 10.2 Å². The number of benzene rings is 1. The first-order chi connectivity index (χ1) is 15.9. The van der Waals surface area contributed by atoms with E-state index >= 15 is 0 Å². The second-order valence-electron chi connectivity index (χ2n) is 9.77. The molecule has 2 aliphatic rings. The van der Waals surface area contributed by atoms with Crippen LogP contribution in [0.1, 0.15) is 44.0 Å². The standard InChI is InChI=1S/C23H29F2N5O3S/c1-14-11-23(2,3)30(12-14)21-18(22(31)28-34(32,33)29-9-8-16(26)13-29)6-7-20(27-21)17-5-4-15(24)10-19(17)25/h4-7,10,14,16H,8-9,11-13,26H2,1-3H3,(H,28,31)/t14-,16-/m0/s1. The highest BCUT2D eigenvalue weighted by Crippen LogP contribution is 2.38. The summed E-state index contributed by atoms with van der Waals surface area (Å²) in [5.74, 6) is -1.77. The Bertz CT molecular complexity index is 1220. The number of aromatic nitrogens is 1. The Labute approximate surface area is 198 Å². The van der Waals surface area contributed by atoms with Crippen molar-refractivity contribution in [3.05, 3.63) is 47.5 Å². The summed E-state index contributed by atoms with van der Waals surface area (Å²) in [6.07, 6.45) is 1.34. The van der Waals surface area contributed by atoms with Crippen molar-refractivity contribution in [1.29, 1.82) is 0 Å². The van der Waals surface area contributed by atoms with E-state index in [1.165, 1.54) is 18.2 Å². The molecule has 11 heteroatoms. The zero-order valence-electron chi connectivity index (χ0n) is 19.4. The van der Waals surface area contributed by atoms with E-state index < -0.39 is 27.8 Å². The van der Waals surface area contributed by atoms with Gasteiger partial charge in [0, 0.05) is 42.8 Å². The van der Waals surface area contributed by atoms with Crippen LogP contribution in [0.4, 0.5) is 14.6 Å². The number of pyridine rings is 1. The zero-order chi connectivity index (χ0) is 24.8. The molecule has 184 valence electrons. The van der Waals surface area contributed by atoms with E-state index in [0.29, 0.717) is 18.9 Å². The van der Waals surface area contributed by atoms with Gasteiger partial charge in [0.1, 0.15) is 17.5 Å². The van der Waals surface area contributed by atoms with Crippen LogP contribution in [0, 0.1) is 17.6 Å². The maximum atomic E-state index is 14.5. The van der Waals surface area contributed by atoms with Gasteiger partial charge in [-0.1, -0.05) is 6.92 Å². The first-order valence-electron chi connectivity index (χ1n) is 11.2. The van der Waals surface area contributed by atoms with Crippen LogP contribution < -0.4 is 15.4 Å². The van der Waals surface area contributed by atoms with Gasteiger partial charge in [-0.3, -0.25) is 4.79 Å². The lowest BCUT2D eigenvalue weighted by Crippen LogP contribution is -2.44. The van der Waals surface area contributed by atoms with Crippen molar-refractivity contribution in [2.45, 2.75) is 45.2 Å². The molecule has 1 aromatic carbocycles. The molecular weight excluding hydrogens is 464 g/mol. The summed E-state index contributed by atoms with van der Waals surface area (Å²) in [6.45, 7) is 7.04. The van der Waals surface area contributed by atoms with E-state index in [9.17, 15) is 22.0 Å². The van der Waals surface area contributed by atoms with Gasteiger partial charge in [-0.05, 0) is 56.9 Å². The summed E-state index contributed by atoms with van der Waals surface area (Å²) in [4.78, 5) is 19.7. The van der Waals surface area contributed by atoms with Crippen molar-refractivity contribution in [2.24, 2.45) is 11.7 Å². The summed E-state index contributed by atoms with van der Waals surface area (Å²) < 4.78 is 56.7. The zero-order valence-corrected chi connectivity index (χ0v) is 20.2. The number of nitrogens with two attached hydrogens (primary N) is 1. The molecule has 3 heterocycles. The normalized spacial score (nSPS) is 22.8. The molecule has 0 radical (unpaired) electrons. The molecule has 2 atom stereocenters. The molecule has 2 saturated heterocycles. The minimum Gasteiger partial charge on any atom is -0.351 e. The second kappa shape index (κ2) is 8.86. The molecule has 8 nitrogen and oxygen atoms in total. The highest BCUT2D eigenvalue weighted by Gasteiger charge is 2.40. The first kappa shape index (κ1) is 24.5. The second-order valence-corrected chi connectivity index (χ2v) is 11.4. The Hall–Kier alpha value is -2.63. The monoisotopic (exact) mass is 493 g/mol. The lowest BCUT2D eigenvalue weighted by molar-refractivity contribution is 0.0979. The number of nitrogens with one attached hydrogen (secondary N) is 1. The minimum atomic E-state index is -4.09. The largest absolute Gasteiger partial charge is 0.351 e. The predicted octanol–water partition coefficient (Wildman–Crippen LogP) is 2.66. The number of hydrogen-bond donors (Lipinski definition) is 2. The summed E-state index contributed by atoms with van der Waals surface area (Å²) in [6, 6.07) is 5.78. The van der Waals surface area contributed by atoms with Gasteiger partial charge in [0.2, 0.25) is 0 Å². The van der Waals surface area contributed by atoms with E-state index in [1.54, 1.807) is 0 Å². The third-order valence-corrected chi connectivity index (χ3v) is 7.86. The van der Waals surface area contributed by atoms with Crippen LogP contribution in [0.2, 0.25) is 0 Å². The van der Waals surface area contributed by atoms with Gasteiger partial charge in [-0.15, -0.1) is 0 Å². The highest BCUT2D eigenvalue weighted by molar-refractivity contribution is 7.87. The van der Waals surface area contributed by atoms with Crippen molar-refractivity contribution < 1.29 is 22.0 Å². The minimum absolute atomic E-state index is 0.0560. The topological polar surface area (TPSA) is 109 Å². The molecule has 2 fully saturated rings. The van der Waals surface area contributed by atoms with Gasteiger partial charge in [-0.2, -0.15) is 12.7 Å². The summed E-state index contributed by atoms with van der Waals surface area (Å²) in [5.41, 5.74) is 5.80. The smallest absolute Gasteiger partial charge is 0.304 e. The lowest BCUT2D eigenvalue weighted by Gasteiger charge is -2.34. The molecule has 0 unspecified atom stereocenters. The number of anilines is 1. The van der Waals surface area contributed by atoms with Crippen molar-refractivity contribution in [3.8, 4) is 11.3 Å². The van der Waals surface area contributed by atoms with Crippen LogP contribution in [-0.4, -0.2) is 54.8 Å². The molecule has 1 amide bonds. The molecule has 2 aliphatic heterocycles. The van der Waals surface area contributed by atoms with Gasteiger partial charge < -0.3 is 10.6 Å². The van der Waals surface area contributed by atoms with Crippen LogP contribution >= 0.6 is 0 Å². The average Bonchev–Trinajstić information content (AvgIpc) is 3.29. The van der Waals surface area contributed by atoms with Gasteiger partial charge in [0.25, 0.3) is 5.91 Å².